The number of fused-ring (bicyclic) bond motifs is 1. The van der Waals surface area contributed by atoms with E-state index in [-0.39, 0.29) is 0 Å². The van der Waals surface area contributed by atoms with Crippen LogP contribution in [0.25, 0.3) is 5.65 Å². The topological polar surface area (TPSA) is 32.6 Å². The molecule has 2 saturated heterocycles. The molecule has 1 atom stereocenters. The van der Waals surface area contributed by atoms with Gasteiger partial charge in [-0.15, -0.1) is 0 Å². The van der Waals surface area contributed by atoms with Crippen LogP contribution >= 0.6 is 0 Å². The molecule has 4 heteroatoms. The number of pyridine rings is 1. The maximum Gasteiger partial charge on any atom is 0.139 e. The van der Waals surface area contributed by atoms with Crippen LogP contribution in [0, 0.1) is 12.3 Å². The lowest BCUT2D eigenvalue weighted by molar-refractivity contribution is 0.266. The molecule has 2 aliphatic heterocycles. The molecule has 0 aromatic carbocycles. The molecule has 0 radical (unpaired) electrons. The first kappa shape index (κ1) is 12.4. The lowest BCUT2D eigenvalue weighted by atomic mass is 9.87. The summed E-state index contributed by atoms with van der Waals surface area (Å²) in [6.45, 7) is 8.01. The van der Waals surface area contributed by atoms with E-state index in [0.717, 1.165) is 12.2 Å². The molecule has 1 N–H and O–H groups in total. The van der Waals surface area contributed by atoms with Crippen molar-refractivity contribution in [3.63, 3.8) is 0 Å². The zero-order valence-corrected chi connectivity index (χ0v) is 12.1. The van der Waals surface area contributed by atoms with Crippen LogP contribution < -0.4 is 5.32 Å². The van der Waals surface area contributed by atoms with Gasteiger partial charge in [0.15, 0.2) is 0 Å². The molecule has 106 valence electrons. The van der Waals surface area contributed by atoms with Crippen LogP contribution in [0.2, 0.25) is 0 Å². The molecule has 1 spiro atoms. The van der Waals surface area contributed by atoms with Crippen molar-refractivity contribution >= 4 is 5.65 Å². The van der Waals surface area contributed by atoms with Gasteiger partial charge in [-0.25, -0.2) is 4.98 Å². The van der Waals surface area contributed by atoms with E-state index in [9.17, 15) is 0 Å². The van der Waals surface area contributed by atoms with Crippen LogP contribution in [0.1, 0.15) is 24.1 Å². The summed E-state index contributed by atoms with van der Waals surface area (Å²) >= 11 is 0. The van der Waals surface area contributed by atoms with Crippen molar-refractivity contribution < 1.29 is 0 Å². The second-order valence-corrected chi connectivity index (χ2v) is 6.52. The molecule has 4 nitrogen and oxygen atoms in total. The molecule has 0 bridgehead atoms. The van der Waals surface area contributed by atoms with Crippen molar-refractivity contribution in [1.82, 2.24) is 19.6 Å². The predicted octanol–water partition coefficient (Wildman–Crippen LogP) is 1.83. The summed E-state index contributed by atoms with van der Waals surface area (Å²) in [7, 11) is 0. The van der Waals surface area contributed by atoms with Crippen LogP contribution in [0.15, 0.2) is 24.5 Å². The van der Waals surface area contributed by atoms with Gasteiger partial charge in [-0.2, -0.15) is 0 Å². The van der Waals surface area contributed by atoms with E-state index in [1.807, 2.05) is 6.20 Å². The van der Waals surface area contributed by atoms with Gasteiger partial charge in [0, 0.05) is 25.8 Å². The molecule has 0 aliphatic carbocycles. The molecule has 2 aliphatic rings. The Morgan fingerprint density at radius 1 is 1.40 bits per heavy atom. The van der Waals surface area contributed by atoms with Gasteiger partial charge in [-0.3, -0.25) is 4.90 Å². The van der Waals surface area contributed by atoms with Gasteiger partial charge in [0.25, 0.3) is 0 Å². The van der Waals surface area contributed by atoms with Crippen molar-refractivity contribution in [2.45, 2.75) is 26.3 Å². The summed E-state index contributed by atoms with van der Waals surface area (Å²) in [6.07, 6.45) is 6.86. The van der Waals surface area contributed by atoms with Gasteiger partial charge >= 0.3 is 0 Å². The molecule has 0 saturated carbocycles. The summed E-state index contributed by atoms with van der Waals surface area (Å²) in [5, 5.41) is 3.53. The first-order valence-electron chi connectivity index (χ1n) is 7.60. The summed E-state index contributed by atoms with van der Waals surface area (Å²) in [4.78, 5) is 7.17. The number of imidazole rings is 1. The number of likely N-dealkylation sites (tertiary alicyclic amines) is 1. The van der Waals surface area contributed by atoms with Crippen molar-refractivity contribution in [3.05, 3.63) is 35.8 Å². The van der Waals surface area contributed by atoms with Crippen molar-refractivity contribution in [2.24, 2.45) is 5.41 Å². The molecule has 4 rings (SSSR count). The van der Waals surface area contributed by atoms with E-state index in [4.69, 9.17) is 0 Å². The quantitative estimate of drug-likeness (QED) is 0.903. The fraction of sp³-hybridized carbons (Fsp3) is 0.562. The minimum Gasteiger partial charge on any atom is -0.316 e. The normalized spacial score (nSPS) is 27.1. The number of nitrogens with one attached hydrogen (secondary N) is 1. The maximum atomic E-state index is 4.57. The van der Waals surface area contributed by atoms with Crippen LogP contribution in [0.3, 0.4) is 0 Å². The van der Waals surface area contributed by atoms with Crippen molar-refractivity contribution in [3.8, 4) is 0 Å². The third-order valence-corrected chi connectivity index (χ3v) is 5.04. The smallest absolute Gasteiger partial charge is 0.139 e. The average molecular weight is 270 g/mol. The zero-order valence-electron chi connectivity index (χ0n) is 12.1. The highest BCUT2D eigenvalue weighted by Gasteiger charge is 2.40. The van der Waals surface area contributed by atoms with Gasteiger partial charge in [0.1, 0.15) is 5.65 Å². The van der Waals surface area contributed by atoms with E-state index >= 15 is 0 Å². The Balaban J connectivity index is 1.55. The Hall–Kier alpha value is -1.39. The third kappa shape index (κ3) is 1.95. The number of nitrogens with zero attached hydrogens (tertiary/aromatic N) is 3. The van der Waals surface area contributed by atoms with Crippen LogP contribution in [0.4, 0.5) is 0 Å². The van der Waals surface area contributed by atoms with Crippen LogP contribution in [0.5, 0.6) is 0 Å². The van der Waals surface area contributed by atoms with Crippen LogP contribution in [-0.2, 0) is 6.54 Å². The van der Waals surface area contributed by atoms with Gasteiger partial charge in [0.05, 0.1) is 11.9 Å². The second-order valence-electron chi connectivity index (χ2n) is 6.52. The molecule has 2 fully saturated rings. The number of hydrogen-bond acceptors (Lipinski definition) is 3. The number of rotatable bonds is 2. The number of aromatic nitrogens is 2. The number of aryl methyl sites for hydroxylation is 1. The molecular weight excluding hydrogens is 248 g/mol. The van der Waals surface area contributed by atoms with E-state index in [0.29, 0.717) is 5.41 Å². The predicted molar refractivity (Wildman–Crippen MR) is 79.7 cm³/mol. The van der Waals surface area contributed by atoms with Gasteiger partial charge in [-0.1, -0.05) is 6.07 Å². The highest BCUT2D eigenvalue weighted by Crippen LogP contribution is 2.36. The molecule has 4 heterocycles. The fourth-order valence-corrected chi connectivity index (χ4v) is 3.85. The first-order valence-corrected chi connectivity index (χ1v) is 7.60. The molecule has 20 heavy (non-hydrogen) atoms. The molecular formula is C16H22N4. The summed E-state index contributed by atoms with van der Waals surface area (Å²) in [5.41, 5.74) is 4.21. The Bertz CT molecular complexity index is 624. The summed E-state index contributed by atoms with van der Waals surface area (Å²) in [5.74, 6) is 0. The van der Waals surface area contributed by atoms with E-state index < -0.39 is 0 Å². The van der Waals surface area contributed by atoms with E-state index in [1.54, 1.807) is 0 Å². The lowest BCUT2D eigenvalue weighted by Gasteiger charge is -2.22. The largest absolute Gasteiger partial charge is 0.316 e. The second kappa shape index (κ2) is 4.57. The Kier molecular flexibility index (Phi) is 2.82. The Labute approximate surface area is 119 Å². The van der Waals surface area contributed by atoms with E-state index in [1.165, 1.54) is 50.3 Å². The molecule has 2 aromatic heterocycles. The standard InChI is InChI=1S/C16H22N4/c1-13-3-2-7-20-14(9-18-15(13)20)10-19-8-5-16(12-19)4-6-17-11-16/h2-3,7,9,17H,4-6,8,10-12H2,1H3. The maximum absolute atomic E-state index is 4.57. The molecule has 1 unspecified atom stereocenters. The summed E-state index contributed by atoms with van der Waals surface area (Å²) < 4.78 is 2.24. The monoisotopic (exact) mass is 270 g/mol. The molecule has 2 aromatic rings. The van der Waals surface area contributed by atoms with Gasteiger partial charge in [0.2, 0.25) is 0 Å². The first-order chi connectivity index (χ1) is 9.76. The third-order valence-electron chi connectivity index (χ3n) is 5.04. The molecule has 0 amide bonds. The van der Waals surface area contributed by atoms with Gasteiger partial charge in [-0.05, 0) is 49.9 Å². The fourth-order valence-electron chi connectivity index (χ4n) is 3.85. The van der Waals surface area contributed by atoms with Crippen LogP contribution in [-0.4, -0.2) is 40.5 Å². The zero-order chi connectivity index (χ0) is 13.6. The highest BCUT2D eigenvalue weighted by atomic mass is 15.2. The minimum absolute atomic E-state index is 0.552. The Morgan fingerprint density at radius 2 is 2.35 bits per heavy atom. The van der Waals surface area contributed by atoms with Crippen molar-refractivity contribution in [2.75, 3.05) is 26.2 Å². The Morgan fingerprint density at radius 3 is 3.20 bits per heavy atom. The highest BCUT2D eigenvalue weighted by molar-refractivity contribution is 5.48. The summed E-state index contributed by atoms with van der Waals surface area (Å²) in [6, 6.07) is 4.24. The number of hydrogen-bond donors (Lipinski definition) is 1. The minimum atomic E-state index is 0.552. The van der Waals surface area contributed by atoms with Gasteiger partial charge < -0.3 is 9.72 Å². The SMILES string of the molecule is Cc1cccn2c(CN3CCC4(CCNC4)C3)cnc12. The van der Waals surface area contributed by atoms with E-state index in [2.05, 4.69) is 44.9 Å². The lowest BCUT2D eigenvalue weighted by Crippen LogP contribution is -2.29. The average Bonchev–Trinajstić information content (AvgIpc) is 3.15. The van der Waals surface area contributed by atoms with Crippen molar-refractivity contribution in [1.29, 1.82) is 0 Å².